The van der Waals surface area contributed by atoms with Crippen molar-refractivity contribution in [1.82, 2.24) is 20.2 Å². The first-order valence-electron chi connectivity index (χ1n) is 4.49. The Kier molecular flexibility index (Phi) is 1.95. The molecule has 0 amide bonds. The number of aliphatic carboxylic acids is 1. The Labute approximate surface area is 86.0 Å². The van der Waals surface area contributed by atoms with Gasteiger partial charge in [0, 0.05) is 12.7 Å². The highest BCUT2D eigenvalue weighted by Crippen LogP contribution is 2.31. The first-order chi connectivity index (χ1) is 7.04. The molecule has 0 spiro atoms. The zero-order valence-corrected chi connectivity index (χ0v) is 8.67. The molecule has 0 saturated heterocycles. The Morgan fingerprint density at radius 3 is 2.80 bits per heavy atom. The van der Waals surface area contributed by atoms with Crippen LogP contribution in [0.2, 0.25) is 0 Å². The maximum atomic E-state index is 11.1. The molecule has 1 N–H and O–H groups in total. The molecule has 80 valence electrons. The lowest BCUT2D eigenvalue weighted by Crippen LogP contribution is -2.32. The molecule has 0 aromatic carbocycles. The average molecular weight is 209 g/mol. The Morgan fingerprint density at radius 2 is 2.20 bits per heavy atom. The molecule has 0 bridgehead atoms. The number of tetrazole rings is 1. The van der Waals surface area contributed by atoms with Gasteiger partial charge in [-0.15, -0.1) is 0 Å². The number of nitrogens with zero attached hydrogens (tertiary/aromatic N) is 5. The molecule has 0 saturated carbocycles. The monoisotopic (exact) mass is 209 g/mol. The molecule has 2 rings (SSSR count). The second-order valence-corrected chi connectivity index (χ2v) is 3.46. The lowest BCUT2D eigenvalue weighted by molar-refractivity contribution is -0.133. The van der Waals surface area contributed by atoms with Gasteiger partial charge in [0.15, 0.2) is 0 Å². The van der Waals surface area contributed by atoms with Gasteiger partial charge in [0.25, 0.3) is 0 Å². The highest BCUT2D eigenvalue weighted by Gasteiger charge is 2.32. The summed E-state index contributed by atoms with van der Waals surface area (Å²) in [4.78, 5) is 12.8. The molecule has 1 aromatic rings. The van der Waals surface area contributed by atoms with Crippen LogP contribution in [0, 0.1) is 0 Å². The van der Waals surface area contributed by atoms with E-state index in [1.54, 1.807) is 25.8 Å². The van der Waals surface area contributed by atoms with Crippen LogP contribution >= 0.6 is 0 Å². The van der Waals surface area contributed by atoms with Gasteiger partial charge in [-0.3, -0.25) is 0 Å². The Bertz CT molecular complexity index is 450. The highest BCUT2D eigenvalue weighted by molar-refractivity contribution is 5.89. The van der Waals surface area contributed by atoms with E-state index in [1.165, 1.54) is 4.68 Å². The molecule has 0 radical (unpaired) electrons. The topological polar surface area (TPSA) is 84.1 Å². The summed E-state index contributed by atoms with van der Waals surface area (Å²) in [6.45, 7) is 3.51. The molecule has 7 nitrogen and oxygen atoms in total. The molecular formula is C8H11N5O2. The molecule has 1 atom stereocenters. The summed E-state index contributed by atoms with van der Waals surface area (Å²) in [5, 5.41) is 20.2. The lowest BCUT2D eigenvalue weighted by atomic mass is 10.1. The summed E-state index contributed by atoms with van der Waals surface area (Å²) in [6.07, 6.45) is 0. The van der Waals surface area contributed by atoms with Crippen LogP contribution in [-0.4, -0.2) is 38.3 Å². The standard InChI is InChI=1S/C8H11N5O2/c1-4-6(7(14)15)5(2)13-8(12(4)3)9-10-11-13/h5H,1-3H3,(H,14,15). The van der Waals surface area contributed by atoms with Crippen molar-refractivity contribution in [3.8, 4) is 0 Å². The van der Waals surface area contributed by atoms with Gasteiger partial charge in [-0.2, -0.15) is 0 Å². The van der Waals surface area contributed by atoms with E-state index in [9.17, 15) is 4.79 Å². The molecule has 1 unspecified atom stereocenters. The summed E-state index contributed by atoms with van der Waals surface area (Å²) >= 11 is 0. The van der Waals surface area contributed by atoms with Crippen molar-refractivity contribution in [2.75, 3.05) is 11.9 Å². The molecule has 0 aliphatic carbocycles. The maximum absolute atomic E-state index is 11.1. The Balaban J connectivity index is 2.59. The third kappa shape index (κ3) is 1.19. The van der Waals surface area contributed by atoms with E-state index in [2.05, 4.69) is 15.5 Å². The van der Waals surface area contributed by atoms with Crippen LogP contribution in [0.25, 0.3) is 0 Å². The quantitative estimate of drug-likeness (QED) is 0.703. The molecule has 2 heterocycles. The van der Waals surface area contributed by atoms with Gasteiger partial charge in [-0.05, 0) is 24.3 Å². The summed E-state index contributed by atoms with van der Waals surface area (Å²) in [5.41, 5.74) is 0.981. The molecule has 1 aliphatic heterocycles. The van der Waals surface area contributed by atoms with Crippen LogP contribution in [0.4, 0.5) is 5.95 Å². The third-order valence-electron chi connectivity index (χ3n) is 2.68. The molecule has 1 aliphatic rings. The number of fused-ring (bicyclic) bond motifs is 1. The Hall–Kier alpha value is -1.92. The van der Waals surface area contributed by atoms with Gasteiger partial charge < -0.3 is 10.0 Å². The first kappa shape index (κ1) is 9.63. The predicted molar refractivity (Wildman–Crippen MR) is 51.3 cm³/mol. The number of carbonyl (C=O) groups is 1. The second-order valence-electron chi connectivity index (χ2n) is 3.46. The Morgan fingerprint density at radius 1 is 1.53 bits per heavy atom. The number of aromatic nitrogens is 4. The third-order valence-corrected chi connectivity index (χ3v) is 2.68. The number of hydrogen-bond acceptors (Lipinski definition) is 5. The predicted octanol–water partition coefficient (Wildman–Crippen LogP) is 0.0425. The average Bonchev–Trinajstić information content (AvgIpc) is 2.62. The van der Waals surface area contributed by atoms with Crippen LogP contribution in [0.1, 0.15) is 19.9 Å². The minimum absolute atomic E-state index is 0.317. The fraction of sp³-hybridized carbons (Fsp3) is 0.500. The summed E-state index contributed by atoms with van der Waals surface area (Å²) in [6, 6.07) is -0.344. The van der Waals surface area contributed by atoms with Crippen LogP contribution in [0.5, 0.6) is 0 Å². The van der Waals surface area contributed by atoms with Gasteiger partial charge in [-0.1, -0.05) is 5.10 Å². The maximum Gasteiger partial charge on any atom is 0.335 e. The summed E-state index contributed by atoms with van der Waals surface area (Å²) < 4.78 is 1.50. The largest absolute Gasteiger partial charge is 0.478 e. The molecule has 1 aromatic heterocycles. The van der Waals surface area contributed by atoms with E-state index in [1.807, 2.05) is 0 Å². The zero-order chi connectivity index (χ0) is 11.2. The van der Waals surface area contributed by atoms with Crippen molar-refractivity contribution in [3.63, 3.8) is 0 Å². The van der Waals surface area contributed by atoms with Crippen LogP contribution < -0.4 is 4.90 Å². The zero-order valence-electron chi connectivity index (χ0n) is 8.67. The number of anilines is 1. The number of allylic oxidation sites excluding steroid dienone is 1. The van der Waals surface area contributed by atoms with Crippen molar-refractivity contribution in [3.05, 3.63) is 11.3 Å². The fourth-order valence-electron chi connectivity index (χ4n) is 1.75. The van der Waals surface area contributed by atoms with E-state index >= 15 is 0 Å². The SMILES string of the molecule is CC1=C(C(=O)O)C(C)n2nnnc2N1C. The normalized spacial score (nSPS) is 20.5. The van der Waals surface area contributed by atoms with Crippen molar-refractivity contribution in [2.45, 2.75) is 19.9 Å². The molecular weight excluding hydrogens is 198 g/mol. The smallest absolute Gasteiger partial charge is 0.335 e. The number of carboxylic acid groups (broad SMARTS) is 1. The minimum Gasteiger partial charge on any atom is -0.478 e. The van der Waals surface area contributed by atoms with Gasteiger partial charge in [0.2, 0.25) is 5.95 Å². The van der Waals surface area contributed by atoms with Crippen molar-refractivity contribution < 1.29 is 9.90 Å². The van der Waals surface area contributed by atoms with Crippen LogP contribution in [-0.2, 0) is 4.79 Å². The minimum atomic E-state index is -0.937. The van der Waals surface area contributed by atoms with E-state index in [0.29, 0.717) is 17.2 Å². The van der Waals surface area contributed by atoms with Gasteiger partial charge in [0.05, 0.1) is 11.6 Å². The molecule has 7 heteroatoms. The first-order valence-corrected chi connectivity index (χ1v) is 4.49. The number of rotatable bonds is 1. The molecule has 15 heavy (non-hydrogen) atoms. The van der Waals surface area contributed by atoms with E-state index < -0.39 is 5.97 Å². The van der Waals surface area contributed by atoms with Crippen LogP contribution in [0.15, 0.2) is 11.3 Å². The number of hydrogen-bond donors (Lipinski definition) is 1. The molecule has 0 fully saturated rings. The number of carboxylic acids is 1. The van der Waals surface area contributed by atoms with Gasteiger partial charge in [-0.25, -0.2) is 9.48 Å². The van der Waals surface area contributed by atoms with Crippen molar-refractivity contribution in [2.24, 2.45) is 0 Å². The van der Waals surface area contributed by atoms with E-state index in [4.69, 9.17) is 5.11 Å². The fourth-order valence-corrected chi connectivity index (χ4v) is 1.75. The summed E-state index contributed by atoms with van der Waals surface area (Å²) in [7, 11) is 1.74. The van der Waals surface area contributed by atoms with Crippen molar-refractivity contribution in [1.29, 1.82) is 0 Å². The lowest BCUT2D eigenvalue weighted by Gasteiger charge is -2.29. The highest BCUT2D eigenvalue weighted by atomic mass is 16.4. The van der Waals surface area contributed by atoms with Crippen molar-refractivity contribution >= 4 is 11.9 Å². The van der Waals surface area contributed by atoms with Gasteiger partial charge in [0.1, 0.15) is 0 Å². The van der Waals surface area contributed by atoms with Gasteiger partial charge >= 0.3 is 5.97 Å². The summed E-state index contributed by atoms with van der Waals surface area (Å²) in [5.74, 6) is -0.377. The van der Waals surface area contributed by atoms with Crippen LogP contribution in [0.3, 0.4) is 0 Å². The second kappa shape index (κ2) is 3.04. The van der Waals surface area contributed by atoms with E-state index in [0.717, 1.165) is 0 Å². The van der Waals surface area contributed by atoms with E-state index in [-0.39, 0.29) is 6.04 Å².